The zero-order valence-corrected chi connectivity index (χ0v) is 18.1. The van der Waals surface area contributed by atoms with Gasteiger partial charge in [0.25, 0.3) is 0 Å². The van der Waals surface area contributed by atoms with Crippen molar-refractivity contribution in [2.75, 3.05) is 6.61 Å². The summed E-state index contributed by atoms with van der Waals surface area (Å²) in [6, 6.07) is 2.93. The maximum atomic E-state index is 8.94. The van der Waals surface area contributed by atoms with E-state index < -0.39 is 11.4 Å². The number of rotatable bonds is 4. The van der Waals surface area contributed by atoms with Crippen molar-refractivity contribution >= 4 is 104 Å². The van der Waals surface area contributed by atoms with Crippen molar-refractivity contribution in [2.45, 2.75) is 30.6 Å². The van der Waals surface area contributed by atoms with Crippen LogP contribution in [-0.2, 0) is 17.8 Å². The normalized spacial score (nSPS) is 13.5. The van der Waals surface area contributed by atoms with E-state index in [2.05, 4.69) is 0 Å². The highest BCUT2D eigenvalue weighted by atomic mass is 35.6. The zero-order valence-electron chi connectivity index (χ0n) is 11.3. The minimum Gasteiger partial charge on any atom is -0.396 e. The Morgan fingerprint density at radius 2 is 1.13 bits per heavy atom. The van der Waals surface area contributed by atoms with Crippen molar-refractivity contribution in [2.24, 2.45) is 0 Å². The Labute approximate surface area is 180 Å². The van der Waals surface area contributed by atoms with Gasteiger partial charge in [-0.05, 0) is 37.0 Å². The monoisotopic (exact) mass is 498 g/mol. The molecule has 23 heavy (non-hydrogen) atoms. The lowest BCUT2D eigenvalue weighted by molar-refractivity contribution is 0.284. The summed E-state index contributed by atoms with van der Waals surface area (Å²) in [7, 11) is 0. The van der Waals surface area contributed by atoms with E-state index in [4.69, 9.17) is 110 Å². The van der Waals surface area contributed by atoms with Gasteiger partial charge >= 0.3 is 0 Å². The molecule has 1 aromatic carbocycles. The number of alkyl halides is 9. The number of unbranched alkanes of at least 4 members (excludes halogenated alkanes) is 1. The minimum atomic E-state index is -1.80. The lowest BCUT2D eigenvalue weighted by atomic mass is 9.95. The first-order valence-corrected chi connectivity index (χ1v) is 9.68. The molecular weight excluding hydrogens is 491 g/mol. The number of aliphatic hydroxyl groups is 1. The van der Waals surface area contributed by atoms with E-state index in [1.54, 1.807) is 0 Å². The Morgan fingerprint density at radius 1 is 0.696 bits per heavy atom. The molecular formula is C13H11Cl9O. The van der Waals surface area contributed by atoms with Crippen LogP contribution in [0.4, 0.5) is 0 Å². The summed E-state index contributed by atoms with van der Waals surface area (Å²) in [6.45, 7) is 0.0262. The molecule has 0 radical (unpaired) electrons. The Hall–Kier alpha value is 1.79. The van der Waals surface area contributed by atoms with Gasteiger partial charge in [-0.1, -0.05) is 104 Å². The lowest BCUT2D eigenvalue weighted by Gasteiger charge is -2.26. The van der Waals surface area contributed by atoms with Crippen molar-refractivity contribution < 1.29 is 5.11 Å². The molecule has 1 nitrogen and oxygen atoms in total. The second-order valence-corrected chi connectivity index (χ2v) is 11.6. The minimum absolute atomic E-state index is 0.0262. The van der Waals surface area contributed by atoms with Gasteiger partial charge in [0.05, 0.1) is 0 Å². The molecule has 1 rings (SSSR count). The Balaban J connectivity index is 3.61. The quantitative estimate of drug-likeness (QED) is 0.334. The molecule has 0 aromatic heterocycles. The van der Waals surface area contributed by atoms with E-state index >= 15 is 0 Å². The summed E-state index contributed by atoms with van der Waals surface area (Å²) in [4.78, 5) is 0. The summed E-state index contributed by atoms with van der Waals surface area (Å²) >= 11 is 54.0. The molecule has 0 saturated heterocycles. The Kier molecular flexibility index (Phi) is 8.59. The third kappa shape index (κ3) is 6.79. The van der Waals surface area contributed by atoms with Gasteiger partial charge in [0.15, 0.2) is 0 Å². The second-order valence-electron chi connectivity index (χ2n) is 4.72. The molecule has 0 heterocycles. The van der Waals surface area contributed by atoms with Gasteiger partial charge in [-0.2, -0.15) is 0 Å². The van der Waals surface area contributed by atoms with Crippen LogP contribution in [0, 0.1) is 0 Å². The summed E-state index contributed by atoms with van der Waals surface area (Å²) in [5.41, 5.74) is 1.30. The van der Waals surface area contributed by atoms with Gasteiger partial charge in [0.1, 0.15) is 0 Å². The lowest BCUT2D eigenvalue weighted by Crippen LogP contribution is -2.16. The van der Waals surface area contributed by atoms with Crippen LogP contribution in [0.3, 0.4) is 0 Å². The fraction of sp³-hybridized carbons (Fsp3) is 0.538. The molecule has 0 spiro atoms. The fourth-order valence-corrected chi connectivity index (χ4v) is 3.36. The summed E-state index contributed by atoms with van der Waals surface area (Å²) in [6.07, 6.45) is 1.57. The van der Waals surface area contributed by atoms with E-state index in [0.29, 0.717) is 24.8 Å². The highest BCUT2D eigenvalue weighted by molar-refractivity contribution is 6.68. The third-order valence-electron chi connectivity index (χ3n) is 3.02. The third-order valence-corrected chi connectivity index (χ3v) is 4.90. The summed E-state index contributed by atoms with van der Waals surface area (Å²) in [5, 5.41) is 8.94. The Bertz CT molecular complexity index is 505. The van der Waals surface area contributed by atoms with E-state index in [-0.39, 0.29) is 23.3 Å². The molecule has 0 saturated carbocycles. The van der Waals surface area contributed by atoms with Gasteiger partial charge in [0.2, 0.25) is 11.4 Å². The van der Waals surface area contributed by atoms with Crippen LogP contribution in [0.5, 0.6) is 0 Å². The maximum Gasteiger partial charge on any atom is 0.216 e. The molecule has 132 valence electrons. The van der Waals surface area contributed by atoms with Crippen molar-refractivity contribution in [1.82, 2.24) is 0 Å². The number of benzene rings is 1. The predicted octanol–water partition coefficient (Wildman–Crippen LogP) is 7.48. The smallest absolute Gasteiger partial charge is 0.216 e. The van der Waals surface area contributed by atoms with Crippen LogP contribution in [0.15, 0.2) is 12.1 Å². The van der Waals surface area contributed by atoms with Crippen LogP contribution in [0.2, 0.25) is 0 Å². The summed E-state index contributed by atoms with van der Waals surface area (Å²) < 4.78 is -5.38. The van der Waals surface area contributed by atoms with Gasteiger partial charge in [-0.15, -0.1) is 0 Å². The summed E-state index contributed by atoms with van der Waals surface area (Å²) in [5.74, 6) is 0. The molecule has 0 unspecified atom stereocenters. The maximum absolute atomic E-state index is 8.94. The molecule has 10 heteroatoms. The standard InChI is InChI=1S/C13H11Cl9O/c14-11(15,16)7-5-9(12(17,18)19)8(3-1-2-4-23)10(6-7)13(20,21)22/h5-6,23H,1-4H2. The van der Waals surface area contributed by atoms with E-state index in [0.717, 1.165) is 0 Å². The predicted molar refractivity (Wildman–Crippen MR) is 104 cm³/mol. The number of hydrogen-bond acceptors (Lipinski definition) is 1. The number of halogens is 9. The average molecular weight is 502 g/mol. The highest BCUT2D eigenvalue weighted by Gasteiger charge is 2.36. The average Bonchev–Trinajstić information content (AvgIpc) is 2.35. The molecule has 0 amide bonds. The number of hydrogen-bond donors (Lipinski definition) is 1. The van der Waals surface area contributed by atoms with Crippen LogP contribution < -0.4 is 0 Å². The Morgan fingerprint density at radius 3 is 1.43 bits per heavy atom. The van der Waals surface area contributed by atoms with E-state index in [1.807, 2.05) is 0 Å². The molecule has 0 fully saturated rings. The molecule has 0 bridgehead atoms. The molecule has 0 aliphatic carbocycles. The van der Waals surface area contributed by atoms with Crippen molar-refractivity contribution in [1.29, 1.82) is 0 Å². The van der Waals surface area contributed by atoms with E-state index in [9.17, 15) is 0 Å². The second kappa shape index (κ2) is 8.65. The van der Waals surface area contributed by atoms with Gasteiger partial charge in [-0.3, -0.25) is 0 Å². The first-order valence-electron chi connectivity index (χ1n) is 6.28. The topological polar surface area (TPSA) is 20.2 Å². The molecule has 0 atom stereocenters. The first-order chi connectivity index (χ1) is 10.3. The van der Waals surface area contributed by atoms with Crippen LogP contribution in [0.25, 0.3) is 0 Å². The van der Waals surface area contributed by atoms with Gasteiger partial charge in [-0.25, -0.2) is 0 Å². The van der Waals surface area contributed by atoms with Crippen LogP contribution >= 0.6 is 104 Å². The largest absolute Gasteiger partial charge is 0.396 e. The van der Waals surface area contributed by atoms with Crippen molar-refractivity contribution in [3.63, 3.8) is 0 Å². The van der Waals surface area contributed by atoms with Gasteiger partial charge < -0.3 is 5.11 Å². The molecule has 1 N–H and O–H groups in total. The molecule has 0 aliphatic heterocycles. The fourth-order valence-electron chi connectivity index (χ4n) is 2.02. The van der Waals surface area contributed by atoms with E-state index in [1.165, 1.54) is 12.1 Å². The van der Waals surface area contributed by atoms with Crippen LogP contribution in [0.1, 0.15) is 35.1 Å². The number of aliphatic hydroxyl groups excluding tert-OH is 1. The zero-order chi connectivity index (χ0) is 18.1. The SMILES string of the molecule is OCCCCc1c(C(Cl)(Cl)Cl)cc(C(Cl)(Cl)Cl)cc1C(Cl)(Cl)Cl. The van der Waals surface area contributed by atoms with Crippen molar-refractivity contribution in [3.8, 4) is 0 Å². The van der Waals surface area contributed by atoms with Crippen molar-refractivity contribution in [3.05, 3.63) is 34.4 Å². The molecule has 0 aliphatic rings. The highest BCUT2D eigenvalue weighted by Crippen LogP contribution is 2.50. The van der Waals surface area contributed by atoms with Gasteiger partial charge in [0, 0.05) is 23.3 Å². The van der Waals surface area contributed by atoms with Crippen LogP contribution in [-0.4, -0.2) is 11.7 Å². The first kappa shape index (κ1) is 22.8. The molecule has 1 aromatic rings.